The molecule has 1 fully saturated rings. The zero-order valence-corrected chi connectivity index (χ0v) is 12.7. The Hall–Kier alpha value is -2.56. The Balaban J connectivity index is 2.20. The number of aromatic hydroxyl groups is 1. The number of nitriles is 1. The monoisotopic (exact) mass is 304 g/mol. The predicted octanol–water partition coefficient (Wildman–Crippen LogP) is 0.351. The Kier molecular flexibility index (Phi) is 4.65. The van der Waals surface area contributed by atoms with Crippen molar-refractivity contribution in [2.75, 3.05) is 30.8 Å². The van der Waals surface area contributed by atoms with Crippen LogP contribution in [0.15, 0.2) is 6.33 Å². The summed E-state index contributed by atoms with van der Waals surface area (Å²) in [5.74, 6) is 0.361. The number of carbonyl (C=O) groups is 1. The van der Waals surface area contributed by atoms with Gasteiger partial charge in [-0.05, 0) is 12.3 Å². The third-order valence-corrected chi connectivity index (χ3v) is 4.16. The van der Waals surface area contributed by atoms with Gasteiger partial charge in [-0.2, -0.15) is 5.26 Å². The molecule has 1 amide bonds. The molecular formula is C14H20N6O2. The first-order chi connectivity index (χ1) is 10.5. The quantitative estimate of drug-likeness (QED) is 0.826. The van der Waals surface area contributed by atoms with Crippen LogP contribution in [-0.4, -0.2) is 52.1 Å². The lowest BCUT2D eigenvalue weighted by molar-refractivity contribution is -0.131. The maximum atomic E-state index is 11.9. The van der Waals surface area contributed by atoms with Gasteiger partial charge < -0.3 is 20.6 Å². The first-order valence-electron chi connectivity index (χ1n) is 7.12. The second-order valence-electron chi connectivity index (χ2n) is 5.55. The first kappa shape index (κ1) is 15.8. The van der Waals surface area contributed by atoms with Gasteiger partial charge in [0.05, 0.1) is 12.1 Å². The third-order valence-electron chi connectivity index (χ3n) is 4.16. The summed E-state index contributed by atoms with van der Waals surface area (Å²) in [6, 6.07) is 1.87. The molecule has 1 aromatic rings. The molecule has 0 spiro atoms. The number of anilines is 2. The lowest BCUT2D eigenvalue weighted by Crippen LogP contribution is -2.52. The van der Waals surface area contributed by atoms with Crippen molar-refractivity contribution in [2.45, 2.75) is 25.8 Å². The van der Waals surface area contributed by atoms with Crippen molar-refractivity contribution in [3.8, 4) is 11.8 Å². The predicted molar refractivity (Wildman–Crippen MR) is 80.9 cm³/mol. The van der Waals surface area contributed by atoms with Crippen LogP contribution in [0.25, 0.3) is 0 Å². The van der Waals surface area contributed by atoms with Gasteiger partial charge >= 0.3 is 0 Å². The number of hydrogen-bond acceptors (Lipinski definition) is 7. The van der Waals surface area contributed by atoms with E-state index in [9.17, 15) is 9.90 Å². The van der Waals surface area contributed by atoms with Gasteiger partial charge in [-0.1, -0.05) is 6.92 Å². The molecule has 0 bridgehead atoms. The van der Waals surface area contributed by atoms with Gasteiger partial charge in [0, 0.05) is 20.1 Å². The molecule has 1 aliphatic rings. The number of likely N-dealkylation sites (tertiary alicyclic amines) is 1. The highest BCUT2D eigenvalue weighted by Crippen LogP contribution is 2.32. The molecule has 1 saturated heterocycles. The molecule has 1 aliphatic heterocycles. The van der Waals surface area contributed by atoms with Crippen molar-refractivity contribution >= 4 is 17.5 Å². The van der Waals surface area contributed by atoms with Gasteiger partial charge in [-0.3, -0.25) is 4.79 Å². The van der Waals surface area contributed by atoms with Crippen LogP contribution in [-0.2, 0) is 4.79 Å². The number of amides is 1. The van der Waals surface area contributed by atoms with Crippen LogP contribution in [0.3, 0.4) is 0 Å². The molecule has 2 heterocycles. The summed E-state index contributed by atoms with van der Waals surface area (Å²) in [5, 5.41) is 18.7. The highest BCUT2D eigenvalue weighted by atomic mass is 16.3. The number of hydrogen-bond donors (Lipinski definition) is 2. The molecule has 8 nitrogen and oxygen atoms in total. The van der Waals surface area contributed by atoms with Crippen LogP contribution < -0.4 is 10.6 Å². The fourth-order valence-corrected chi connectivity index (χ4v) is 2.76. The van der Waals surface area contributed by atoms with Crippen LogP contribution in [0.5, 0.6) is 5.75 Å². The number of likely N-dealkylation sites (N-methyl/N-ethyl adjacent to an activating group) is 1. The van der Waals surface area contributed by atoms with Crippen molar-refractivity contribution in [1.82, 2.24) is 14.9 Å². The van der Waals surface area contributed by atoms with Gasteiger partial charge in [0.1, 0.15) is 12.7 Å². The van der Waals surface area contributed by atoms with Gasteiger partial charge in [-0.15, -0.1) is 0 Å². The number of nitrogens with two attached hydrogens (primary N) is 1. The lowest BCUT2D eigenvalue weighted by Gasteiger charge is -2.42. The van der Waals surface area contributed by atoms with Gasteiger partial charge in [0.2, 0.25) is 11.7 Å². The largest absolute Gasteiger partial charge is 0.502 e. The van der Waals surface area contributed by atoms with E-state index < -0.39 is 0 Å². The maximum Gasteiger partial charge on any atom is 0.236 e. The van der Waals surface area contributed by atoms with E-state index in [2.05, 4.69) is 16.9 Å². The minimum Gasteiger partial charge on any atom is -0.502 e. The number of rotatable bonds is 3. The molecule has 0 aromatic carbocycles. The van der Waals surface area contributed by atoms with Crippen LogP contribution in [0.4, 0.5) is 11.6 Å². The number of nitrogen functional groups attached to an aromatic ring is 1. The summed E-state index contributed by atoms with van der Waals surface area (Å²) < 4.78 is 0. The molecule has 2 unspecified atom stereocenters. The summed E-state index contributed by atoms with van der Waals surface area (Å²) in [6.07, 6.45) is 2.01. The van der Waals surface area contributed by atoms with E-state index in [-0.39, 0.29) is 29.9 Å². The number of carbonyl (C=O) groups excluding carboxylic acids is 1. The second-order valence-corrected chi connectivity index (χ2v) is 5.55. The summed E-state index contributed by atoms with van der Waals surface area (Å²) >= 11 is 0. The minimum atomic E-state index is -0.167. The fourth-order valence-electron chi connectivity index (χ4n) is 2.76. The van der Waals surface area contributed by atoms with Crippen LogP contribution in [0, 0.1) is 17.2 Å². The van der Waals surface area contributed by atoms with E-state index in [1.165, 1.54) is 6.33 Å². The fraction of sp³-hybridized carbons (Fsp3) is 0.571. The molecule has 118 valence electrons. The topological polar surface area (TPSA) is 119 Å². The minimum absolute atomic E-state index is 0.0170. The van der Waals surface area contributed by atoms with E-state index in [0.717, 1.165) is 6.42 Å². The highest BCUT2D eigenvalue weighted by Gasteiger charge is 2.33. The van der Waals surface area contributed by atoms with Crippen molar-refractivity contribution in [1.29, 1.82) is 5.26 Å². The Morgan fingerprint density at radius 2 is 2.36 bits per heavy atom. The zero-order valence-electron chi connectivity index (χ0n) is 12.7. The number of nitrogens with zero attached hydrogens (tertiary/aromatic N) is 5. The van der Waals surface area contributed by atoms with Crippen molar-refractivity contribution in [3.05, 3.63) is 6.33 Å². The van der Waals surface area contributed by atoms with E-state index in [0.29, 0.717) is 24.8 Å². The second kappa shape index (κ2) is 6.47. The van der Waals surface area contributed by atoms with Crippen LogP contribution in [0.2, 0.25) is 0 Å². The molecule has 8 heteroatoms. The smallest absolute Gasteiger partial charge is 0.236 e. The van der Waals surface area contributed by atoms with E-state index in [1.54, 1.807) is 11.9 Å². The summed E-state index contributed by atoms with van der Waals surface area (Å²) in [5.41, 5.74) is 5.61. The Morgan fingerprint density at radius 1 is 1.64 bits per heavy atom. The first-order valence-corrected chi connectivity index (χ1v) is 7.12. The molecule has 0 aliphatic carbocycles. The molecule has 22 heavy (non-hydrogen) atoms. The van der Waals surface area contributed by atoms with Gasteiger partial charge in [0.25, 0.3) is 0 Å². The molecule has 0 radical (unpaired) electrons. The van der Waals surface area contributed by atoms with Crippen molar-refractivity contribution < 1.29 is 9.90 Å². The molecule has 2 atom stereocenters. The number of aromatic nitrogens is 2. The molecule has 1 aromatic heterocycles. The maximum absolute atomic E-state index is 11.9. The lowest BCUT2D eigenvalue weighted by atomic mass is 9.92. The molecule has 2 rings (SSSR count). The van der Waals surface area contributed by atoms with Gasteiger partial charge in [-0.25, -0.2) is 9.97 Å². The standard InChI is InChI=1S/C14H20N6O2/c1-9-4-6-20(11(21)3-5-15)7-10(9)19(2)14-12(22)13(16)17-8-18-14/h8-10,22H,3-4,6-7H2,1-2H3,(H2,16,17,18). The normalized spacial score (nSPS) is 21.2. The zero-order chi connectivity index (χ0) is 16.3. The van der Waals surface area contributed by atoms with Gasteiger partial charge in [0.15, 0.2) is 11.6 Å². The van der Waals surface area contributed by atoms with Crippen LogP contribution in [0.1, 0.15) is 19.8 Å². The molecule has 3 N–H and O–H groups in total. The third kappa shape index (κ3) is 3.03. The summed E-state index contributed by atoms with van der Waals surface area (Å²) in [7, 11) is 1.81. The van der Waals surface area contributed by atoms with E-state index in [4.69, 9.17) is 11.0 Å². The average molecular weight is 304 g/mol. The number of piperidine rings is 1. The Bertz CT molecular complexity index is 599. The summed E-state index contributed by atoms with van der Waals surface area (Å²) in [4.78, 5) is 23.3. The summed E-state index contributed by atoms with van der Waals surface area (Å²) in [6.45, 7) is 3.22. The van der Waals surface area contributed by atoms with Crippen molar-refractivity contribution in [3.63, 3.8) is 0 Å². The Morgan fingerprint density at radius 3 is 3.05 bits per heavy atom. The Labute approximate surface area is 129 Å². The van der Waals surface area contributed by atoms with E-state index >= 15 is 0 Å². The molecule has 0 saturated carbocycles. The van der Waals surface area contributed by atoms with Crippen LogP contribution >= 0.6 is 0 Å². The van der Waals surface area contributed by atoms with E-state index in [1.807, 2.05) is 11.0 Å². The average Bonchev–Trinajstić information content (AvgIpc) is 2.50. The SMILES string of the molecule is CC1CCN(C(=O)CC#N)CC1N(C)c1ncnc(N)c1O. The molecular weight excluding hydrogens is 284 g/mol. The van der Waals surface area contributed by atoms with Crippen molar-refractivity contribution in [2.24, 2.45) is 5.92 Å². The highest BCUT2D eigenvalue weighted by molar-refractivity contribution is 5.78.